The molecule has 0 atom stereocenters. The predicted octanol–water partition coefficient (Wildman–Crippen LogP) is 4.89. The van der Waals surface area contributed by atoms with Gasteiger partial charge in [0.15, 0.2) is 0 Å². The summed E-state index contributed by atoms with van der Waals surface area (Å²) in [6, 6.07) is 11.5. The van der Waals surface area contributed by atoms with Gasteiger partial charge in [-0.3, -0.25) is 14.5 Å². The van der Waals surface area contributed by atoms with Crippen molar-refractivity contribution < 1.29 is 19.1 Å². The molecule has 2 aromatic carbocycles. The van der Waals surface area contributed by atoms with E-state index in [1.165, 1.54) is 13.2 Å². The van der Waals surface area contributed by atoms with Gasteiger partial charge in [-0.05, 0) is 54.2 Å². The van der Waals surface area contributed by atoms with Gasteiger partial charge in [-0.1, -0.05) is 29.3 Å². The minimum absolute atomic E-state index is 0.0180. The molecule has 3 rings (SSSR count). The quantitative estimate of drug-likeness (QED) is 0.531. The van der Waals surface area contributed by atoms with Crippen LogP contribution in [0.15, 0.2) is 47.4 Å². The second-order valence-corrected chi connectivity index (χ2v) is 7.46. The van der Waals surface area contributed by atoms with Crippen molar-refractivity contribution in [3.8, 4) is 0 Å². The molecule has 0 radical (unpaired) electrons. The fourth-order valence-corrected chi connectivity index (χ4v) is 3.75. The van der Waals surface area contributed by atoms with Crippen molar-refractivity contribution in [1.29, 1.82) is 0 Å². The number of benzene rings is 2. The molecule has 0 aromatic heterocycles. The number of hydrogen-bond donors (Lipinski definition) is 1. The Bertz CT molecular complexity index is 956. The number of esters is 1. The van der Waals surface area contributed by atoms with Crippen LogP contribution in [-0.2, 0) is 9.53 Å². The molecule has 1 fully saturated rings. The van der Waals surface area contributed by atoms with Crippen molar-refractivity contribution in [1.82, 2.24) is 4.90 Å². The van der Waals surface area contributed by atoms with Crippen LogP contribution < -0.4 is 5.32 Å². The number of ether oxygens (including phenoxy) is 1. The highest BCUT2D eigenvalue weighted by Crippen LogP contribution is 2.35. The Morgan fingerprint density at radius 3 is 2.39 bits per heavy atom. The van der Waals surface area contributed by atoms with Gasteiger partial charge in [0, 0.05) is 21.3 Å². The summed E-state index contributed by atoms with van der Waals surface area (Å²) in [5.74, 6) is -0.884. The van der Waals surface area contributed by atoms with Crippen LogP contribution in [0.5, 0.6) is 0 Å². The van der Waals surface area contributed by atoms with Crippen molar-refractivity contribution in [3.63, 3.8) is 0 Å². The molecule has 2 aromatic rings. The molecule has 0 unspecified atom stereocenters. The number of amides is 2. The molecule has 1 aliphatic heterocycles. The molecular weight excluding hydrogens is 423 g/mol. The van der Waals surface area contributed by atoms with E-state index >= 15 is 0 Å². The lowest BCUT2D eigenvalue weighted by molar-refractivity contribution is -0.122. The van der Waals surface area contributed by atoms with E-state index < -0.39 is 17.1 Å². The Kier molecular flexibility index (Phi) is 6.28. The van der Waals surface area contributed by atoms with Gasteiger partial charge in [0.05, 0.1) is 24.2 Å². The molecule has 0 aliphatic carbocycles. The van der Waals surface area contributed by atoms with E-state index in [1.54, 1.807) is 42.5 Å². The third-order valence-corrected chi connectivity index (χ3v) is 5.46. The second kappa shape index (κ2) is 8.68. The molecule has 0 bridgehead atoms. The topological polar surface area (TPSA) is 75.7 Å². The Hall–Kier alpha value is -2.48. The number of rotatable bonds is 5. The Morgan fingerprint density at radius 1 is 1.14 bits per heavy atom. The van der Waals surface area contributed by atoms with Crippen LogP contribution in [0, 0.1) is 0 Å². The van der Waals surface area contributed by atoms with Crippen LogP contribution >= 0.6 is 35.0 Å². The summed E-state index contributed by atoms with van der Waals surface area (Å²) in [6.45, 7) is -0.0180. The summed E-state index contributed by atoms with van der Waals surface area (Å²) in [6.07, 6.45) is 1.51. The molecule has 1 aliphatic rings. The van der Waals surface area contributed by atoms with E-state index in [2.05, 4.69) is 10.1 Å². The number of imide groups is 1. The van der Waals surface area contributed by atoms with Crippen molar-refractivity contribution in [2.45, 2.75) is 0 Å². The number of carbonyl (C=O) groups excluding carboxylic acids is 3. The molecule has 6 nitrogen and oxygen atoms in total. The molecular formula is C19H14Cl2N2O4S. The zero-order valence-corrected chi connectivity index (χ0v) is 16.9. The van der Waals surface area contributed by atoms with Crippen molar-refractivity contribution in [2.75, 3.05) is 19.1 Å². The average molecular weight is 437 g/mol. The summed E-state index contributed by atoms with van der Waals surface area (Å²) in [4.78, 5) is 37.6. The summed E-state index contributed by atoms with van der Waals surface area (Å²) >= 11 is 13.1. The Balaban J connectivity index is 1.70. The first-order chi connectivity index (χ1) is 13.4. The third kappa shape index (κ3) is 4.32. The molecule has 9 heteroatoms. The Labute approximate surface area is 175 Å². The van der Waals surface area contributed by atoms with E-state index in [0.717, 1.165) is 16.7 Å². The van der Waals surface area contributed by atoms with Gasteiger partial charge < -0.3 is 10.1 Å². The van der Waals surface area contributed by atoms with Gasteiger partial charge in [-0.25, -0.2) is 4.79 Å². The molecule has 144 valence electrons. The summed E-state index contributed by atoms with van der Waals surface area (Å²) in [5.41, 5.74) is 1.53. The first-order valence-corrected chi connectivity index (χ1v) is 9.59. The van der Waals surface area contributed by atoms with Crippen LogP contribution in [0.2, 0.25) is 10.0 Å². The Morgan fingerprint density at radius 2 is 1.79 bits per heavy atom. The first-order valence-electron chi connectivity index (χ1n) is 8.02. The number of thioether (sulfide) groups is 1. The minimum Gasteiger partial charge on any atom is -0.465 e. The van der Waals surface area contributed by atoms with E-state index in [-0.39, 0.29) is 11.6 Å². The minimum atomic E-state index is -0.444. The van der Waals surface area contributed by atoms with Crippen LogP contribution in [0.4, 0.5) is 10.5 Å². The van der Waals surface area contributed by atoms with Crippen molar-refractivity contribution >= 4 is 63.8 Å². The lowest BCUT2D eigenvalue weighted by Crippen LogP contribution is -2.33. The van der Waals surface area contributed by atoms with Crippen LogP contribution in [-0.4, -0.2) is 35.8 Å². The van der Waals surface area contributed by atoms with Gasteiger partial charge in [-0.15, -0.1) is 0 Å². The van der Waals surface area contributed by atoms with E-state index in [0.29, 0.717) is 26.9 Å². The van der Waals surface area contributed by atoms with E-state index in [4.69, 9.17) is 23.2 Å². The van der Waals surface area contributed by atoms with Gasteiger partial charge in [0.2, 0.25) is 0 Å². The number of carbonyl (C=O) groups is 3. The zero-order chi connectivity index (χ0) is 20.3. The van der Waals surface area contributed by atoms with Crippen molar-refractivity contribution in [2.24, 2.45) is 0 Å². The maximum atomic E-state index is 12.6. The van der Waals surface area contributed by atoms with Gasteiger partial charge >= 0.3 is 5.97 Å². The number of anilines is 1. The summed E-state index contributed by atoms with van der Waals surface area (Å²) < 4.78 is 4.64. The van der Waals surface area contributed by atoms with Crippen molar-refractivity contribution in [3.05, 3.63) is 68.5 Å². The number of nitrogens with zero attached hydrogens (tertiary/aromatic N) is 1. The average Bonchev–Trinajstić information content (AvgIpc) is 2.96. The smallest absolute Gasteiger partial charge is 0.337 e. The summed E-state index contributed by atoms with van der Waals surface area (Å²) in [5, 5.41) is 3.36. The van der Waals surface area contributed by atoms with E-state index in [9.17, 15) is 14.4 Å². The second-order valence-electron chi connectivity index (χ2n) is 5.65. The maximum absolute atomic E-state index is 12.6. The number of halogens is 2. The number of hydrogen-bond acceptors (Lipinski definition) is 6. The fourth-order valence-electron chi connectivity index (χ4n) is 2.43. The number of methoxy groups -OCH3 is 1. The molecule has 1 saturated heterocycles. The molecule has 0 spiro atoms. The lowest BCUT2D eigenvalue weighted by Gasteiger charge is -2.14. The first kappa shape index (κ1) is 20.3. The predicted molar refractivity (Wildman–Crippen MR) is 111 cm³/mol. The monoisotopic (exact) mass is 436 g/mol. The highest BCUT2D eigenvalue weighted by atomic mass is 35.5. The summed E-state index contributed by atoms with van der Waals surface area (Å²) in [7, 11) is 1.30. The highest BCUT2D eigenvalue weighted by Gasteiger charge is 2.35. The maximum Gasteiger partial charge on any atom is 0.337 e. The molecule has 28 heavy (non-hydrogen) atoms. The standard InChI is InChI=1S/C19H14Cl2N2O4S/c1-27-18(25)11-5-7-12(8-6-11)22-10-23-17(24)16(28-19(23)26)9-13-14(20)3-2-4-15(13)21/h2-9,22H,10H2,1H3. The zero-order valence-electron chi connectivity index (χ0n) is 14.6. The third-order valence-electron chi connectivity index (χ3n) is 3.90. The fraction of sp³-hybridized carbons (Fsp3) is 0.105. The largest absolute Gasteiger partial charge is 0.465 e. The van der Waals surface area contributed by atoms with E-state index in [1.807, 2.05) is 0 Å². The SMILES string of the molecule is COC(=O)c1ccc(NCN2C(=O)SC(=Cc3c(Cl)cccc3Cl)C2=O)cc1. The van der Waals surface area contributed by atoms with Crippen LogP contribution in [0.25, 0.3) is 6.08 Å². The van der Waals surface area contributed by atoms with Crippen LogP contribution in [0.1, 0.15) is 15.9 Å². The molecule has 1 N–H and O–H groups in total. The molecule has 1 heterocycles. The lowest BCUT2D eigenvalue weighted by atomic mass is 10.2. The molecule has 0 saturated carbocycles. The number of nitrogens with one attached hydrogen (secondary N) is 1. The highest BCUT2D eigenvalue weighted by molar-refractivity contribution is 8.18. The van der Waals surface area contributed by atoms with Gasteiger partial charge in [0.25, 0.3) is 11.1 Å². The van der Waals surface area contributed by atoms with Gasteiger partial charge in [0.1, 0.15) is 0 Å². The van der Waals surface area contributed by atoms with Gasteiger partial charge in [-0.2, -0.15) is 0 Å². The van der Waals surface area contributed by atoms with Crippen LogP contribution in [0.3, 0.4) is 0 Å². The normalized spacial score (nSPS) is 15.2. The molecule has 2 amide bonds.